The fraction of sp³-hybridized carbons (Fsp3) is 1.00. The van der Waals surface area contributed by atoms with Crippen molar-refractivity contribution in [3.63, 3.8) is 0 Å². The molecule has 0 aliphatic rings. The van der Waals surface area contributed by atoms with Gasteiger partial charge >= 0.3 is 0 Å². The summed E-state index contributed by atoms with van der Waals surface area (Å²) in [7, 11) is -2.59. The molecule has 74 valence electrons. The van der Waals surface area contributed by atoms with Crippen LogP contribution in [0, 0.1) is 0 Å². The first kappa shape index (κ1) is 12.4. The molecule has 0 aliphatic heterocycles. The van der Waals surface area contributed by atoms with Crippen LogP contribution in [-0.2, 0) is 4.12 Å². The van der Waals surface area contributed by atoms with Crippen LogP contribution < -0.4 is 0 Å². The lowest BCUT2D eigenvalue weighted by molar-refractivity contribution is 0.537. The smallest absolute Gasteiger partial charge is 0.176 e. The van der Waals surface area contributed by atoms with E-state index < -0.39 is 16.6 Å². The molecule has 0 fully saturated rings. The summed E-state index contributed by atoms with van der Waals surface area (Å²) < 4.78 is 6.29. The molecule has 0 saturated heterocycles. The van der Waals surface area contributed by atoms with Crippen molar-refractivity contribution >= 4 is 16.6 Å². The molecule has 0 N–H and O–H groups in total. The summed E-state index contributed by atoms with van der Waals surface area (Å²) in [6.07, 6.45) is 1.28. The Balaban J connectivity index is 4.14. The molecule has 0 bridgehead atoms. The average Bonchev–Trinajstić information content (AvgIpc) is 1.84. The predicted molar refractivity (Wildman–Crippen MR) is 61.6 cm³/mol. The van der Waals surface area contributed by atoms with Gasteiger partial charge in [0.15, 0.2) is 16.6 Å². The van der Waals surface area contributed by atoms with Crippen LogP contribution in [0.15, 0.2) is 0 Å². The predicted octanol–water partition coefficient (Wildman–Crippen LogP) is 3.84. The van der Waals surface area contributed by atoms with Crippen LogP contribution >= 0.6 is 0 Å². The van der Waals surface area contributed by atoms with Crippen molar-refractivity contribution in [1.29, 1.82) is 0 Å². The highest BCUT2D eigenvalue weighted by Crippen LogP contribution is 2.23. The van der Waals surface area contributed by atoms with Crippen LogP contribution in [0.2, 0.25) is 38.3 Å². The third kappa shape index (κ3) is 5.11. The monoisotopic (exact) mass is 204 g/mol. The Labute approximate surface area is 79.8 Å². The van der Waals surface area contributed by atoms with Crippen LogP contribution in [-0.4, -0.2) is 16.6 Å². The van der Waals surface area contributed by atoms with Gasteiger partial charge in [-0.05, 0) is 38.3 Å². The molecule has 0 radical (unpaired) electrons. The summed E-state index contributed by atoms with van der Waals surface area (Å²) in [6.45, 7) is 13.8. The molecule has 3 heteroatoms. The number of hydrogen-bond donors (Lipinski definition) is 0. The highest BCUT2D eigenvalue weighted by Gasteiger charge is 2.31. The average molecular weight is 204 g/mol. The molecule has 0 aromatic rings. The minimum atomic E-state index is -1.30. The van der Waals surface area contributed by atoms with Gasteiger partial charge in [0.2, 0.25) is 0 Å². The highest BCUT2D eigenvalue weighted by molar-refractivity contribution is 6.84. The lowest BCUT2D eigenvalue weighted by Gasteiger charge is -2.33. The number of rotatable bonds is 5. The molecule has 0 spiro atoms. The maximum atomic E-state index is 6.29. The zero-order chi connectivity index (χ0) is 9.83. The summed E-state index contributed by atoms with van der Waals surface area (Å²) in [5, 5.41) is 0. The molecule has 0 aromatic carbocycles. The molecule has 1 unspecified atom stereocenters. The third-order valence-corrected chi connectivity index (χ3v) is 9.55. The Morgan fingerprint density at radius 1 is 1.00 bits per heavy atom. The van der Waals surface area contributed by atoms with E-state index in [9.17, 15) is 0 Å². The van der Waals surface area contributed by atoms with Gasteiger partial charge in [-0.1, -0.05) is 20.3 Å². The molecule has 1 atom stereocenters. The molecular formula is C9H24OSi2. The second-order valence-corrected chi connectivity index (χ2v) is 13.9. The Bertz CT molecular complexity index is 131. The maximum absolute atomic E-state index is 6.29. The Morgan fingerprint density at radius 3 is 1.75 bits per heavy atom. The Kier molecular flexibility index (Phi) is 4.73. The third-order valence-electron chi connectivity index (χ3n) is 2.08. The van der Waals surface area contributed by atoms with Gasteiger partial charge in [0.25, 0.3) is 0 Å². The standard InChI is InChI=1S/C9H24OSi2/c1-7-9-12(6,8-2)10-11(3,4)5/h7-9H2,1-6H3. The molecule has 12 heavy (non-hydrogen) atoms. The van der Waals surface area contributed by atoms with Crippen molar-refractivity contribution in [3.8, 4) is 0 Å². The van der Waals surface area contributed by atoms with Crippen molar-refractivity contribution < 1.29 is 4.12 Å². The van der Waals surface area contributed by atoms with Gasteiger partial charge in [0.05, 0.1) is 0 Å². The van der Waals surface area contributed by atoms with Crippen LogP contribution in [0.3, 0.4) is 0 Å². The second kappa shape index (κ2) is 4.58. The second-order valence-electron chi connectivity index (χ2n) is 4.77. The van der Waals surface area contributed by atoms with Gasteiger partial charge in [-0.3, -0.25) is 0 Å². The summed E-state index contributed by atoms with van der Waals surface area (Å²) in [5.74, 6) is 0. The minimum absolute atomic E-state index is 1.27. The molecule has 0 aliphatic carbocycles. The molecule has 0 aromatic heterocycles. The van der Waals surface area contributed by atoms with E-state index in [2.05, 4.69) is 40.0 Å². The van der Waals surface area contributed by atoms with E-state index in [1.54, 1.807) is 0 Å². The molecule has 0 amide bonds. The highest BCUT2D eigenvalue weighted by atomic mass is 28.4. The first-order valence-electron chi connectivity index (χ1n) is 5.03. The van der Waals surface area contributed by atoms with Gasteiger partial charge in [-0.15, -0.1) is 0 Å². The zero-order valence-corrected chi connectivity index (χ0v) is 11.5. The van der Waals surface area contributed by atoms with E-state index >= 15 is 0 Å². The Hall–Kier alpha value is 0.394. The van der Waals surface area contributed by atoms with E-state index in [1.165, 1.54) is 18.5 Å². The Morgan fingerprint density at radius 2 is 1.50 bits per heavy atom. The summed E-state index contributed by atoms with van der Waals surface area (Å²) in [6, 6.07) is 2.60. The largest absolute Gasteiger partial charge is 0.456 e. The van der Waals surface area contributed by atoms with E-state index in [-0.39, 0.29) is 0 Å². The van der Waals surface area contributed by atoms with Crippen LogP contribution in [0.1, 0.15) is 20.3 Å². The van der Waals surface area contributed by atoms with Crippen LogP contribution in [0.4, 0.5) is 0 Å². The molecule has 0 rings (SSSR count). The summed E-state index contributed by atoms with van der Waals surface area (Å²) in [5.41, 5.74) is 0. The van der Waals surface area contributed by atoms with Crippen molar-refractivity contribution in [3.05, 3.63) is 0 Å². The summed E-state index contributed by atoms with van der Waals surface area (Å²) >= 11 is 0. The van der Waals surface area contributed by atoms with Gasteiger partial charge in [-0.25, -0.2) is 0 Å². The molecule has 0 saturated carbocycles. The summed E-state index contributed by atoms with van der Waals surface area (Å²) in [4.78, 5) is 0. The fourth-order valence-electron chi connectivity index (χ4n) is 1.57. The van der Waals surface area contributed by atoms with E-state index in [1.807, 2.05) is 0 Å². The first-order chi connectivity index (χ1) is 5.33. The fourth-order valence-corrected chi connectivity index (χ4v) is 9.88. The van der Waals surface area contributed by atoms with E-state index in [0.29, 0.717) is 0 Å². The molecular weight excluding hydrogens is 180 g/mol. The SMILES string of the molecule is CCC[Si](C)(CC)O[Si](C)(C)C. The van der Waals surface area contributed by atoms with Crippen molar-refractivity contribution in [1.82, 2.24) is 0 Å². The van der Waals surface area contributed by atoms with E-state index in [0.717, 1.165) is 0 Å². The first-order valence-corrected chi connectivity index (χ1v) is 11.3. The lowest BCUT2D eigenvalue weighted by Crippen LogP contribution is -2.43. The van der Waals surface area contributed by atoms with Crippen molar-refractivity contribution in [2.45, 2.75) is 58.5 Å². The molecule has 0 heterocycles. The topological polar surface area (TPSA) is 9.23 Å². The van der Waals surface area contributed by atoms with Gasteiger partial charge in [0, 0.05) is 0 Å². The quantitative estimate of drug-likeness (QED) is 0.618. The number of hydrogen-bond acceptors (Lipinski definition) is 1. The van der Waals surface area contributed by atoms with Gasteiger partial charge in [0.1, 0.15) is 0 Å². The van der Waals surface area contributed by atoms with Gasteiger partial charge in [-0.2, -0.15) is 0 Å². The van der Waals surface area contributed by atoms with Crippen molar-refractivity contribution in [2.75, 3.05) is 0 Å². The van der Waals surface area contributed by atoms with Crippen molar-refractivity contribution in [2.24, 2.45) is 0 Å². The normalized spacial score (nSPS) is 17.5. The van der Waals surface area contributed by atoms with Crippen LogP contribution in [0.25, 0.3) is 0 Å². The lowest BCUT2D eigenvalue weighted by atomic mass is 10.6. The zero-order valence-electron chi connectivity index (χ0n) is 9.53. The minimum Gasteiger partial charge on any atom is -0.456 e. The van der Waals surface area contributed by atoms with E-state index in [4.69, 9.17) is 4.12 Å². The van der Waals surface area contributed by atoms with Gasteiger partial charge < -0.3 is 4.12 Å². The maximum Gasteiger partial charge on any atom is 0.176 e. The molecule has 1 nitrogen and oxygen atoms in total. The van der Waals surface area contributed by atoms with Crippen LogP contribution in [0.5, 0.6) is 0 Å².